The van der Waals surface area contributed by atoms with E-state index in [1.165, 1.54) is 0 Å². The Bertz CT molecular complexity index is 1290. The van der Waals surface area contributed by atoms with Gasteiger partial charge in [0.2, 0.25) is 9.84 Å². The second-order valence-corrected chi connectivity index (χ2v) is 8.95. The predicted octanol–water partition coefficient (Wildman–Crippen LogP) is 3.05. The molecule has 7 nitrogen and oxygen atoms in total. The molecule has 2 heterocycles. The number of nitrogens with two attached hydrogens (primary N) is 2. The molecule has 0 bridgehead atoms. The minimum absolute atomic E-state index is 0.0161. The van der Waals surface area contributed by atoms with E-state index < -0.39 is 9.84 Å². The van der Waals surface area contributed by atoms with Crippen LogP contribution in [0.3, 0.4) is 0 Å². The van der Waals surface area contributed by atoms with E-state index in [9.17, 15) is 8.42 Å². The molecule has 0 saturated carbocycles. The molecule has 4 aromatic rings. The van der Waals surface area contributed by atoms with Crippen LogP contribution in [-0.4, -0.2) is 29.5 Å². The number of para-hydroxylation sites is 2. The lowest BCUT2D eigenvalue weighted by Gasteiger charge is -2.08. The van der Waals surface area contributed by atoms with Gasteiger partial charge >= 0.3 is 0 Å². The van der Waals surface area contributed by atoms with Crippen LogP contribution >= 0.6 is 0 Å². The van der Waals surface area contributed by atoms with E-state index in [1.807, 2.05) is 31.2 Å². The summed E-state index contributed by atoms with van der Waals surface area (Å²) in [7, 11) is -3.86. The van der Waals surface area contributed by atoms with Crippen molar-refractivity contribution in [3.8, 4) is 0 Å². The number of hydrogen-bond donors (Lipinski definition) is 2. The lowest BCUT2D eigenvalue weighted by molar-refractivity contribution is 0.595. The lowest BCUT2D eigenvalue weighted by atomic mass is 10.2. The van der Waals surface area contributed by atoms with Crippen molar-refractivity contribution in [3.63, 3.8) is 0 Å². The maximum atomic E-state index is 13.5. The minimum Gasteiger partial charge on any atom is -0.384 e. The molecule has 4 rings (SSSR count). The Morgan fingerprint density at radius 3 is 2.28 bits per heavy atom. The first-order valence-electron chi connectivity index (χ1n) is 9.50. The van der Waals surface area contributed by atoms with E-state index in [1.54, 1.807) is 28.8 Å². The molecule has 0 atom stereocenters. The van der Waals surface area contributed by atoms with Gasteiger partial charge in [-0.25, -0.2) is 18.4 Å². The smallest absolute Gasteiger partial charge is 0.212 e. The number of sulfone groups is 1. The number of rotatable bonds is 6. The summed E-state index contributed by atoms with van der Waals surface area (Å²) >= 11 is 0. The molecule has 8 heteroatoms. The number of hydrogen-bond acceptors (Lipinski definition) is 6. The summed E-state index contributed by atoms with van der Waals surface area (Å²) in [6.07, 6.45) is 1.57. The van der Waals surface area contributed by atoms with Crippen molar-refractivity contribution < 1.29 is 8.42 Å². The average Bonchev–Trinajstić information content (AvgIpc) is 2.98. The SMILES string of the molecule is Cc1ccc(S(=O)(=O)c2c(N)n(CCCCN)c3nc4ccccc4nc23)cc1. The standard InChI is InChI=1S/C21H23N5O2S/c1-14-8-10-15(11-9-14)29(27,28)19-18-21(26(20(19)23)13-5-4-12-22)25-17-7-3-2-6-16(17)24-18/h2-3,6-11H,4-5,12-13,22-23H2,1H3. The van der Waals surface area contributed by atoms with Gasteiger partial charge in [-0.3, -0.25) is 0 Å². The van der Waals surface area contributed by atoms with E-state index in [-0.39, 0.29) is 15.6 Å². The van der Waals surface area contributed by atoms with Gasteiger partial charge in [0.15, 0.2) is 5.65 Å². The van der Waals surface area contributed by atoms with Gasteiger partial charge in [0.1, 0.15) is 16.2 Å². The summed E-state index contributed by atoms with van der Waals surface area (Å²) in [5.41, 5.74) is 15.1. The van der Waals surface area contributed by atoms with Crippen LogP contribution < -0.4 is 11.5 Å². The molecule has 0 saturated heterocycles. The number of aromatic nitrogens is 3. The molecule has 29 heavy (non-hydrogen) atoms. The van der Waals surface area contributed by atoms with Crippen LogP contribution in [-0.2, 0) is 16.4 Å². The van der Waals surface area contributed by atoms with Crippen molar-refractivity contribution in [2.45, 2.75) is 36.1 Å². The third-order valence-electron chi connectivity index (χ3n) is 4.98. The average molecular weight is 410 g/mol. The van der Waals surface area contributed by atoms with Crippen molar-refractivity contribution in [1.29, 1.82) is 0 Å². The molecular weight excluding hydrogens is 386 g/mol. The second-order valence-electron chi connectivity index (χ2n) is 7.06. The van der Waals surface area contributed by atoms with Gasteiger partial charge in [0, 0.05) is 6.54 Å². The van der Waals surface area contributed by atoms with Crippen LogP contribution in [0.2, 0.25) is 0 Å². The van der Waals surface area contributed by atoms with Crippen LogP contribution in [0, 0.1) is 6.92 Å². The lowest BCUT2D eigenvalue weighted by Crippen LogP contribution is -2.09. The molecule has 0 aliphatic rings. The van der Waals surface area contributed by atoms with E-state index >= 15 is 0 Å². The van der Waals surface area contributed by atoms with Gasteiger partial charge in [-0.15, -0.1) is 0 Å². The summed E-state index contributed by atoms with van der Waals surface area (Å²) in [6.45, 7) is 2.99. The van der Waals surface area contributed by atoms with Crippen molar-refractivity contribution >= 4 is 37.9 Å². The molecule has 0 radical (unpaired) electrons. The maximum absolute atomic E-state index is 13.5. The fourth-order valence-corrected chi connectivity index (χ4v) is 4.94. The summed E-state index contributed by atoms with van der Waals surface area (Å²) in [5, 5.41) is 0. The van der Waals surface area contributed by atoms with Gasteiger partial charge in [-0.1, -0.05) is 29.8 Å². The van der Waals surface area contributed by atoms with Crippen LogP contribution in [0.5, 0.6) is 0 Å². The minimum atomic E-state index is -3.86. The Kier molecular flexibility index (Phi) is 4.97. The zero-order valence-corrected chi connectivity index (χ0v) is 17.0. The third kappa shape index (κ3) is 3.34. The number of aryl methyl sites for hydroxylation is 2. The monoisotopic (exact) mass is 409 g/mol. The van der Waals surface area contributed by atoms with Crippen molar-refractivity contribution in [2.24, 2.45) is 5.73 Å². The molecule has 2 aromatic carbocycles. The highest BCUT2D eigenvalue weighted by atomic mass is 32.2. The Hall–Kier alpha value is -2.97. The van der Waals surface area contributed by atoms with Crippen molar-refractivity contribution in [1.82, 2.24) is 14.5 Å². The highest BCUT2D eigenvalue weighted by Gasteiger charge is 2.30. The van der Waals surface area contributed by atoms with Gasteiger partial charge < -0.3 is 16.0 Å². The van der Waals surface area contributed by atoms with E-state index in [4.69, 9.17) is 11.5 Å². The maximum Gasteiger partial charge on any atom is 0.212 e. The Labute approximate surface area is 169 Å². The summed E-state index contributed by atoms with van der Waals surface area (Å²) in [6, 6.07) is 14.1. The molecule has 150 valence electrons. The Balaban J connectivity index is 2.00. The van der Waals surface area contributed by atoms with E-state index in [0.29, 0.717) is 35.3 Å². The zero-order chi connectivity index (χ0) is 20.6. The molecule has 0 aliphatic heterocycles. The number of benzene rings is 2. The second kappa shape index (κ2) is 7.46. The summed E-state index contributed by atoms with van der Waals surface area (Å²) < 4.78 is 28.7. The Morgan fingerprint density at radius 1 is 0.966 bits per heavy atom. The molecule has 0 unspecified atom stereocenters. The topological polar surface area (TPSA) is 117 Å². The van der Waals surface area contributed by atoms with Crippen molar-refractivity contribution in [2.75, 3.05) is 12.3 Å². The molecule has 0 aliphatic carbocycles. The number of fused-ring (bicyclic) bond motifs is 2. The largest absolute Gasteiger partial charge is 0.384 e. The summed E-state index contributed by atoms with van der Waals surface area (Å²) in [4.78, 5) is 9.52. The van der Waals surface area contributed by atoms with Gasteiger partial charge in [0.05, 0.1) is 15.9 Å². The van der Waals surface area contributed by atoms with Crippen LogP contribution in [0.15, 0.2) is 58.3 Å². The van der Waals surface area contributed by atoms with E-state index in [2.05, 4.69) is 9.97 Å². The van der Waals surface area contributed by atoms with Crippen molar-refractivity contribution in [3.05, 3.63) is 54.1 Å². The Morgan fingerprint density at radius 2 is 1.62 bits per heavy atom. The normalized spacial score (nSPS) is 12.1. The molecule has 0 fully saturated rings. The molecule has 2 aromatic heterocycles. The van der Waals surface area contributed by atoms with Gasteiger partial charge in [-0.2, -0.15) is 0 Å². The molecule has 0 spiro atoms. The number of nitrogens with zero attached hydrogens (tertiary/aromatic N) is 3. The van der Waals surface area contributed by atoms with E-state index in [0.717, 1.165) is 18.4 Å². The van der Waals surface area contributed by atoms with Crippen LogP contribution in [0.1, 0.15) is 18.4 Å². The van der Waals surface area contributed by atoms with Crippen LogP contribution in [0.25, 0.3) is 22.2 Å². The van der Waals surface area contributed by atoms with Gasteiger partial charge in [0.25, 0.3) is 0 Å². The quantitative estimate of drug-likeness (QED) is 0.473. The molecular formula is C21H23N5O2S. The third-order valence-corrected chi connectivity index (χ3v) is 6.81. The number of nitrogen functional groups attached to an aromatic ring is 1. The van der Waals surface area contributed by atoms with Crippen LogP contribution in [0.4, 0.5) is 5.82 Å². The number of anilines is 1. The fourth-order valence-electron chi connectivity index (χ4n) is 3.43. The first-order chi connectivity index (χ1) is 13.9. The highest BCUT2D eigenvalue weighted by Crippen LogP contribution is 2.35. The first kappa shape index (κ1) is 19.4. The zero-order valence-electron chi connectivity index (χ0n) is 16.2. The molecule has 4 N–H and O–H groups in total. The predicted molar refractivity (Wildman–Crippen MR) is 114 cm³/mol. The molecule has 0 amide bonds. The first-order valence-corrected chi connectivity index (χ1v) is 11.0. The van der Waals surface area contributed by atoms with Gasteiger partial charge in [-0.05, 0) is 50.6 Å². The highest BCUT2D eigenvalue weighted by molar-refractivity contribution is 7.92. The number of unbranched alkanes of at least 4 members (excludes halogenated alkanes) is 1. The fraction of sp³-hybridized carbons (Fsp3) is 0.238. The summed E-state index contributed by atoms with van der Waals surface area (Å²) in [5.74, 6) is 0.160.